The number of amides is 2. The van der Waals surface area contributed by atoms with Crippen molar-refractivity contribution in [2.24, 2.45) is 10.9 Å². The van der Waals surface area contributed by atoms with E-state index in [9.17, 15) is 4.79 Å². The van der Waals surface area contributed by atoms with E-state index < -0.39 is 0 Å². The number of anilines is 1. The van der Waals surface area contributed by atoms with Crippen LogP contribution in [0, 0.1) is 5.92 Å². The van der Waals surface area contributed by atoms with E-state index in [1.54, 1.807) is 25.2 Å². The molecule has 0 heterocycles. The fraction of sp³-hybridized carbons (Fsp3) is 0.467. The van der Waals surface area contributed by atoms with Crippen molar-refractivity contribution in [1.29, 1.82) is 0 Å². The van der Waals surface area contributed by atoms with Gasteiger partial charge in [-0.25, -0.2) is 4.79 Å². The van der Waals surface area contributed by atoms with Gasteiger partial charge in [0.1, 0.15) is 0 Å². The topological polar surface area (TPSA) is 65.5 Å². The smallest absolute Gasteiger partial charge is 0.321 e. The lowest BCUT2D eigenvalue weighted by Crippen LogP contribution is -2.41. The predicted octanol–water partition coefficient (Wildman–Crippen LogP) is 3.88. The molecule has 2 amide bonds. The number of rotatable bonds is 3. The van der Waals surface area contributed by atoms with Gasteiger partial charge in [0.2, 0.25) is 5.96 Å². The van der Waals surface area contributed by atoms with E-state index in [1.165, 1.54) is 25.7 Å². The first-order valence-corrected chi connectivity index (χ1v) is 8.10. The van der Waals surface area contributed by atoms with E-state index in [2.05, 4.69) is 20.9 Å². The van der Waals surface area contributed by atoms with Crippen LogP contribution in [0.2, 0.25) is 10.0 Å². The van der Waals surface area contributed by atoms with Gasteiger partial charge in [-0.2, -0.15) is 0 Å². The second-order valence-electron chi connectivity index (χ2n) is 5.27. The standard InChI is InChI=1S/C15H20Cl2N4O/c1-18-15(22)21-14(19-9-10-5-2-3-6-10)20-13-11(16)7-4-8-12(13)17/h4,7-8,10H,2-3,5-6,9H2,1H3,(H3,18,19,20,21,22). The summed E-state index contributed by atoms with van der Waals surface area (Å²) in [7, 11) is 1.55. The molecule has 1 fully saturated rings. The van der Waals surface area contributed by atoms with Crippen molar-refractivity contribution in [3.63, 3.8) is 0 Å². The Bertz CT molecular complexity index is 536. The molecular formula is C15H20Cl2N4O. The molecule has 1 aromatic carbocycles. The minimum Gasteiger partial charge on any atom is -0.341 e. The zero-order chi connectivity index (χ0) is 15.9. The minimum absolute atomic E-state index is 0.346. The first-order valence-electron chi connectivity index (χ1n) is 7.34. The maximum Gasteiger partial charge on any atom is 0.321 e. The largest absolute Gasteiger partial charge is 0.341 e. The molecule has 1 aliphatic carbocycles. The van der Waals surface area contributed by atoms with Crippen molar-refractivity contribution < 1.29 is 4.79 Å². The molecule has 0 aliphatic heterocycles. The summed E-state index contributed by atoms with van der Waals surface area (Å²) in [4.78, 5) is 16.1. The van der Waals surface area contributed by atoms with Gasteiger partial charge in [0, 0.05) is 13.6 Å². The summed E-state index contributed by atoms with van der Waals surface area (Å²) in [5, 5.41) is 9.13. The summed E-state index contributed by atoms with van der Waals surface area (Å²) in [6.07, 6.45) is 4.87. The summed E-state index contributed by atoms with van der Waals surface area (Å²) in [6.45, 7) is 0.675. The zero-order valence-electron chi connectivity index (χ0n) is 12.5. The molecule has 0 radical (unpaired) electrons. The SMILES string of the molecule is CNC(=O)NC(=NCC1CCCC1)Nc1c(Cl)cccc1Cl. The van der Waals surface area contributed by atoms with Crippen LogP contribution in [0.1, 0.15) is 25.7 Å². The van der Waals surface area contributed by atoms with Crippen LogP contribution in [0.15, 0.2) is 23.2 Å². The quantitative estimate of drug-likeness (QED) is 0.576. The third-order valence-electron chi connectivity index (χ3n) is 3.65. The first kappa shape index (κ1) is 16.9. The average molecular weight is 343 g/mol. The van der Waals surface area contributed by atoms with Crippen LogP contribution >= 0.6 is 23.2 Å². The number of hydrogen-bond donors (Lipinski definition) is 3. The monoisotopic (exact) mass is 342 g/mol. The van der Waals surface area contributed by atoms with Gasteiger partial charge in [-0.3, -0.25) is 10.3 Å². The predicted molar refractivity (Wildman–Crippen MR) is 91.9 cm³/mol. The van der Waals surface area contributed by atoms with Crippen LogP contribution in [0.25, 0.3) is 0 Å². The molecule has 5 nitrogen and oxygen atoms in total. The summed E-state index contributed by atoms with van der Waals surface area (Å²) in [5.41, 5.74) is 0.535. The Morgan fingerprint density at radius 2 is 1.91 bits per heavy atom. The van der Waals surface area contributed by atoms with Gasteiger partial charge in [0.25, 0.3) is 0 Å². The molecule has 120 valence electrons. The molecule has 22 heavy (non-hydrogen) atoms. The zero-order valence-corrected chi connectivity index (χ0v) is 14.0. The summed E-state index contributed by atoms with van der Waals surface area (Å²) in [5.74, 6) is 0.922. The van der Waals surface area contributed by atoms with Gasteiger partial charge in [0.15, 0.2) is 0 Å². The number of hydrogen-bond acceptors (Lipinski definition) is 2. The molecule has 0 atom stereocenters. The molecule has 0 saturated heterocycles. The maximum absolute atomic E-state index is 11.6. The van der Waals surface area contributed by atoms with Crippen molar-refractivity contribution in [3.8, 4) is 0 Å². The lowest BCUT2D eigenvalue weighted by Gasteiger charge is -2.14. The Morgan fingerprint density at radius 3 is 2.50 bits per heavy atom. The fourth-order valence-electron chi connectivity index (χ4n) is 2.43. The third-order valence-corrected chi connectivity index (χ3v) is 4.28. The molecular weight excluding hydrogens is 323 g/mol. The highest BCUT2D eigenvalue weighted by Crippen LogP contribution is 2.30. The highest BCUT2D eigenvalue weighted by molar-refractivity contribution is 6.39. The van der Waals surface area contributed by atoms with Crippen LogP contribution in [0.5, 0.6) is 0 Å². The Labute approximate surface area is 140 Å². The number of para-hydroxylation sites is 1. The van der Waals surface area contributed by atoms with Gasteiger partial charge >= 0.3 is 6.03 Å². The molecule has 0 aromatic heterocycles. The van der Waals surface area contributed by atoms with Crippen molar-refractivity contribution in [2.45, 2.75) is 25.7 Å². The van der Waals surface area contributed by atoms with E-state index in [0.717, 1.165) is 0 Å². The number of carbonyl (C=O) groups is 1. The van der Waals surface area contributed by atoms with Crippen molar-refractivity contribution >= 4 is 40.9 Å². The lowest BCUT2D eigenvalue weighted by atomic mass is 10.1. The summed E-state index contributed by atoms with van der Waals surface area (Å²) in [6, 6.07) is 4.87. The molecule has 0 unspecified atom stereocenters. The van der Waals surface area contributed by atoms with Gasteiger partial charge in [-0.15, -0.1) is 0 Å². The van der Waals surface area contributed by atoms with Crippen molar-refractivity contribution in [2.75, 3.05) is 18.9 Å². The Balaban J connectivity index is 2.12. The molecule has 7 heteroatoms. The molecule has 0 spiro atoms. The van der Waals surface area contributed by atoms with Gasteiger partial charge < -0.3 is 10.6 Å². The summed E-state index contributed by atoms with van der Waals surface area (Å²) >= 11 is 12.3. The highest BCUT2D eigenvalue weighted by Gasteiger charge is 2.16. The number of carbonyl (C=O) groups excluding carboxylic acids is 1. The number of nitrogens with zero attached hydrogens (tertiary/aromatic N) is 1. The molecule has 3 N–H and O–H groups in total. The van der Waals surface area contributed by atoms with Crippen LogP contribution in [0.3, 0.4) is 0 Å². The Kier molecular flexibility index (Phi) is 6.34. The van der Waals surface area contributed by atoms with E-state index >= 15 is 0 Å². The van der Waals surface area contributed by atoms with Crippen LogP contribution < -0.4 is 16.0 Å². The van der Waals surface area contributed by atoms with E-state index in [1.807, 2.05) is 0 Å². The van der Waals surface area contributed by atoms with Crippen LogP contribution in [0.4, 0.5) is 10.5 Å². The van der Waals surface area contributed by atoms with Gasteiger partial charge in [-0.1, -0.05) is 42.1 Å². The summed E-state index contributed by atoms with van der Waals surface area (Å²) < 4.78 is 0. The maximum atomic E-state index is 11.6. The van der Waals surface area contributed by atoms with Crippen molar-refractivity contribution in [1.82, 2.24) is 10.6 Å². The Morgan fingerprint density at radius 1 is 1.27 bits per heavy atom. The van der Waals surface area contributed by atoms with E-state index in [0.29, 0.717) is 34.2 Å². The molecule has 1 aromatic rings. The number of benzene rings is 1. The second-order valence-corrected chi connectivity index (χ2v) is 6.08. The molecule has 1 aliphatic rings. The molecule has 0 bridgehead atoms. The van der Waals surface area contributed by atoms with Gasteiger partial charge in [0.05, 0.1) is 15.7 Å². The van der Waals surface area contributed by atoms with Gasteiger partial charge in [-0.05, 0) is 30.9 Å². The second kappa shape index (κ2) is 8.25. The number of urea groups is 1. The normalized spacial score (nSPS) is 15.7. The molecule has 1 saturated carbocycles. The van der Waals surface area contributed by atoms with Crippen molar-refractivity contribution in [3.05, 3.63) is 28.2 Å². The van der Waals surface area contributed by atoms with Crippen LogP contribution in [-0.4, -0.2) is 25.6 Å². The van der Waals surface area contributed by atoms with E-state index in [4.69, 9.17) is 23.2 Å². The highest BCUT2D eigenvalue weighted by atomic mass is 35.5. The minimum atomic E-state index is -0.346. The molecule has 2 rings (SSSR count). The number of halogens is 2. The Hall–Kier alpha value is -1.46. The lowest BCUT2D eigenvalue weighted by molar-refractivity contribution is 0.247. The number of nitrogens with one attached hydrogen (secondary N) is 3. The van der Waals surface area contributed by atoms with Crippen LogP contribution in [-0.2, 0) is 0 Å². The number of guanidine groups is 1. The number of aliphatic imine (C=N–C) groups is 1. The van der Waals surface area contributed by atoms with E-state index in [-0.39, 0.29) is 6.03 Å². The average Bonchev–Trinajstić information content (AvgIpc) is 3.01. The third kappa shape index (κ3) is 4.78. The fourth-order valence-corrected chi connectivity index (χ4v) is 2.92. The first-order chi connectivity index (χ1) is 10.6.